The van der Waals surface area contributed by atoms with Crippen molar-refractivity contribution in [1.82, 2.24) is 9.97 Å². The van der Waals surface area contributed by atoms with Crippen LogP contribution in [0.3, 0.4) is 0 Å². The summed E-state index contributed by atoms with van der Waals surface area (Å²) in [6.45, 7) is 7.90. The minimum Gasteiger partial charge on any atom is -0.340 e. The van der Waals surface area contributed by atoms with Crippen molar-refractivity contribution in [1.29, 1.82) is 0 Å². The Morgan fingerprint density at radius 3 is 2.36 bits per heavy atom. The van der Waals surface area contributed by atoms with E-state index >= 15 is 0 Å². The maximum absolute atomic E-state index is 11.1. The number of nitrogens with one attached hydrogen (secondary N) is 3. The van der Waals surface area contributed by atoms with Crippen molar-refractivity contribution in [3.8, 4) is 0 Å². The maximum atomic E-state index is 11.1. The quantitative estimate of drug-likeness (QED) is 0.541. The van der Waals surface area contributed by atoms with Gasteiger partial charge in [-0.25, -0.2) is 4.98 Å². The maximum Gasteiger partial charge on any atom is 0.229 e. The van der Waals surface area contributed by atoms with Crippen molar-refractivity contribution < 1.29 is 4.79 Å². The predicted molar refractivity (Wildman–Crippen MR) is 115 cm³/mol. The van der Waals surface area contributed by atoms with Crippen molar-refractivity contribution >= 4 is 34.7 Å². The second-order valence-corrected chi connectivity index (χ2v) is 6.97. The molecule has 0 bridgehead atoms. The molecule has 0 saturated carbocycles. The third kappa shape index (κ3) is 4.85. The van der Waals surface area contributed by atoms with Crippen molar-refractivity contribution in [3.63, 3.8) is 0 Å². The highest BCUT2D eigenvalue weighted by Gasteiger charge is 2.10. The van der Waals surface area contributed by atoms with Crippen LogP contribution in [0.25, 0.3) is 0 Å². The Balaban J connectivity index is 1.77. The standard InChI is InChI=1S/C22H25N5O/c1-14(2)19-7-5-6-15(3)21(19)27-22-23-13-12-20(26-22)25-18-10-8-17(9-11-18)24-16(4)28/h5-14H,1-4H3,(H,24,28)(H2,23,25,26,27). The number of benzene rings is 2. The SMILES string of the molecule is CC(=O)Nc1ccc(Nc2ccnc(Nc3c(C)cccc3C(C)C)n2)cc1. The molecule has 6 heteroatoms. The topological polar surface area (TPSA) is 78.9 Å². The number of carbonyl (C=O) groups excluding carboxylic acids is 1. The summed E-state index contributed by atoms with van der Waals surface area (Å²) in [4.78, 5) is 20.0. The first-order valence-electron chi connectivity index (χ1n) is 9.26. The molecule has 0 saturated heterocycles. The second kappa shape index (κ2) is 8.52. The molecule has 0 aliphatic heterocycles. The summed E-state index contributed by atoms with van der Waals surface area (Å²) in [6.07, 6.45) is 1.72. The minimum atomic E-state index is -0.0933. The highest BCUT2D eigenvalue weighted by molar-refractivity contribution is 5.88. The minimum absolute atomic E-state index is 0.0933. The van der Waals surface area contributed by atoms with Crippen LogP contribution in [0.1, 0.15) is 37.8 Å². The van der Waals surface area contributed by atoms with Crippen molar-refractivity contribution in [3.05, 3.63) is 65.9 Å². The van der Waals surface area contributed by atoms with Crippen molar-refractivity contribution in [2.24, 2.45) is 0 Å². The Hall–Kier alpha value is -3.41. The van der Waals surface area contributed by atoms with Gasteiger partial charge in [0.15, 0.2) is 0 Å². The van der Waals surface area contributed by atoms with Gasteiger partial charge in [0.25, 0.3) is 0 Å². The molecule has 6 nitrogen and oxygen atoms in total. The Labute approximate surface area is 165 Å². The number of amides is 1. The largest absolute Gasteiger partial charge is 0.340 e. The van der Waals surface area contributed by atoms with E-state index < -0.39 is 0 Å². The molecule has 0 fully saturated rings. The Bertz CT molecular complexity index is 967. The van der Waals surface area contributed by atoms with Gasteiger partial charge >= 0.3 is 0 Å². The van der Waals surface area contributed by atoms with Gasteiger partial charge < -0.3 is 16.0 Å². The molecule has 3 aromatic rings. The lowest BCUT2D eigenvalue weighted by Crippen LogP contribution is -2.06. The summed E-state index contributed by atoms with van der Waals surface area (Å²) in [5, 5.41) is 9.38. The average Bonchev–Trinajstić information content (AvgIpc) is 2.65. The number of hydrogen-bond acceptors (Lipinski definition) is 5. The number of rotatable bonds is 6. The molecule has 3 N–H and O–H groups in total. The molecule has 1 amide bonds. The summed E-state index contributed by atoms with van der Waals surface area (Å²) in [5.41, 5.74) is 5.06. The van der Waals surface area contributed by atoms with Gasteiger partial charge in [-0.2, -0.15) is 4.98 Å². The van der Waals surface area contributed by atoms with Crippen LogP contribution in [0.4, 0.5) is 28.8 Å². The summed E-state index contributed by atoms with van der Waals surface area (Å²) >= 11 is 0. The van der Waals surface area contributed by atoms with Crippen molar-refractivity contribution in [2.75, 3.05) is 16.0 Å². The van der Waals surface area contributed by atoms with E-state index in [0.717, 1.165) is 22.6 Å². The van der Waals surface area contributed by atoms with Crippen LogP contribution >= 0.6 is 0 Å². The summed E-state index contributed by atoms with van der Waals surface area (Å²) < 4.78 is 0. The van der Waals surface area contributed by atoms with E-state index in [1.807, 2.05) is 30.3 Å². The first-order chi connectivity index (χ1) is 13.4. The number of hydrogen-bond donors (Lipinski definition) is 3. The number of anilines is 5. The first-order valence-corrected chi connectivity index (χ1v) is 9.26. The highest BCUT2D eigenvalue weighted by atomic mass is 16.1. The fourth-order valence-corrected chi connectivity index (χ4v) is 2.93. The summed E-state index contributed by atoms with van der Waals surface area (Å²) in [5.74, 6) is 1.52. The smallest absolute Gasteiger partial charge is 0.229 e. The fraction of sp³-hybridized carbons (Fsp3) is 0.227. The summed E-state index contributed by atoms with van der Waals surface area (Å²) in [6, 6.07) is 15.5. The molecule has 0 aliphatic carbocycles. The lowest BCUT2D eigenvalue weighted by molar-refractivity contribution is -0.114. The zero-order valence-corrected chi connectivity index (χ0v) is 16.6. The number of nitrogens with zero attached hydrogens (tertiary/aromatic N) is 2. The fourth-order valence-electron chi connectivity index (χ4n) is 2.93. The van der Waals surface area contributed by atoms with Crippen molar-refractivity contribution in [2.45, 2.75) is 33.6 Å². The van der Waals surface area contributed by atoms with Gasteiger partial charge in [-0.1, -0.05) is 32.0 Å². The number of aromatic nitrogens is 2. The molecule has 0 atom stereocenters. The molecule has 2 aromatic carbocycles. The molecule has 0 aliphatic rings. The molecule has 0 spiro atoms. The van der Waals surface area contributed by atoms with Gasteiger partial charge in [0.2, 0.25) is 11.9 Å². The zero-order chi connectivity index (χ0) is 20.1. The van der Waals surface area contributed by atoms with Gasteiger partial charge in [-0.3, -0.25) is 4.79 Å². The van der Waals surface area contributed by atoms with Crippen LogP contribution in [0, 0.1) is 6.92 Å². The van der Waals surface area contributed by atoms with Gasteiger partial charge in [-0.15, -0.1) is 0 Å². The van der Waals surface area contributed by atoms with E-state index in [9.17, 15) is 4.79 Å². The molecular formula is C22H25N5O. The lowest BCUT2D eigenvalue weighted by Gasteiger charge is -2.16. The van der Waals surface area contributed by atoms with Crippen LogP contribution in [0.5, 0.6) is 0 Å². The molecular weight excluding hydrogens is 350 g/mol. The number of carbonyl (C=O) groups is 1. The van der Waals surface area contributed by atoms with Gasteiger partial charge in [-0.05, 0) is 54.3 Å². The predicted octanol–water partition coefficient (Wildman–Crippen LogP) is 5.35. The highest BCUT2D eigenvalue weighted by Crippen LogP contribution is 2.29. The van der Waals surface area contributed by atoms with Crippen LogP contribution in [0.15, 0.2) is 54.7 Å². The zero-order valence-electron chi connectivity index (χ0n) is 16.6. The third-order valence-corrected chi connectivity index (χ3v) is 4.30. The molecule has 1 aromatic heterocycles. The molecule has 0 radical (unpaired) electrons. The van der Waals surface area contributed by atoms with E-state index in [-0.39, 0.29) is 5.91 Å². The van der Waals surface area contributed by atoms with E-state index in [0.29, 0.717) is 17.7 Å². The van der Waals surface area contributed by atoms with E-state index in [2.05, 4.69) is 64.9 Å². The average molecular weight is 375 g/mol. The molecule has 1 heterocycles. The van der Waals surface area contributed by atoms with Crippen LogP contribution in [-0.2, 0) is 4.79 Å². The lowest BCUT2D eigenvalue weighted by atomic mass is 9.98. The number of para-hydroxylation sites is 1. The molecule has 144 valence electrons. The van der Waals surface area contributed by atoms with Crippen LogP contribution < -0.4 is 16.0 Å². The van der Waals surface area contributed by atoms with Gasteiger partial charge in [0, 0.05) is 30.2 Å². The molecule has 28 heavy (non-hydrogen) atoms. The Kier molecular flexibility index (Phi) is 5.89. The number of aryl methyl sites for hydroxylation is 1. The monoisotopic (exact) mass is 375 g/mol. The van der Waals surface area contributed by atoms with E-state index in [4.69, 9.17) is 0 Å². The Morgan fingerprint density at radius 2 is 1.68 bits per heavy atom. The second-order valence-electron chi connectivity index (χ2n) is 6.97. The summed E-state index contributed by atoms with van der Waals surface area (Å²) in [7, 11) is 0. The Morgan fingerprint density at radius 1 is 0.964 bits per heavy atom. The van der Waals surface area contributed by atoms with Gasteiger partial charge in [0.1, 0.15) is 5.82 Å². The first kappa shape index (κ1) is 19.4. The van der Waals surface area contributed by atoms with Crippen LogP contribution in [-0.4, -0.2) is 15.9 Å². The van der Waals surface area contributed by atoms with Crippen LogP contribution in [0.2, 0.25) is 0 Å². The van der Waals surface area contributed by atoms with E-state index in [1.54, 1.807) is 6.20 Å². The van der Waals surface area contributed by atoms with E-state index in [1.165, 1.54) is 12.5 Å². The molecule has 3 rings (SSSR count). The van der Waals surface area contributed by atoms with Gasteiger partial charge in [0.05, 0.1) is 0 Å². The molecule has 0 unspecified atom stereocenters. The third-order valence-electron chi connectivity index (χ3n) is 4.30. The normalized spacial score (nSPS) is 10.6.